The minimum absolute atomic E-state index is 0.116. The highest BCUT2D eigenvalue weighted by Gasteiger charge is 2.26. The van der Waals surface area contributed by atoms with E-state index >= 15 is 0 Å². The minimum atomic E-state index is -0.179. The minimum Gasteiger partial charge on any atom is -0.370 e. The molecule has 96 valence electrons. The molecule has 0 radical (unpaired) electrons. The van der Waals surface area contributed by atoms with Crippen LogP contribution < -0.4 is 5.32 Å². The number of carbonyl (C=O) groups excluding carboxylic acids is 2. The Morgan fingerprint density at radius 3 is 3.00 bits per heavy atom. The van der Waals surface area contributed by atoms with E-state index in [1.807, 2.05) is 25.1 Å². The van der Waals surface area contributed by atoms with E-state index < -0.39 is 0 Å². The standard InChI is InChI=1S/C12H15N3O2S/c1-2-13-10-5-3-4-9(14-10)8-15-11(16)6-7-18-12(15)17/h3-5H,2,6-8H2,1H3,(H,13,14). The molecular formula is C12H15N3O2S. The maximum absolute atomic E-state index is 11.7. The summed E-state index contributed by atoms with van der Waals surface area (Å²) in [6, 6.07) is 5.55. The lowest BCUT2D eigenvalue weighted by atomic mass is 10.3. The highest BCUT2D eigenvalue weighted by atomic mass is 32.2. The number of thioether (sulfide) groups is 1. The molecule has 2 rings (SSSR count). The quantitative estimate of drug-likeness (QED) is 0.903. The second kappa shape index (κ2) is 5.86. The van der Waals surface area contributed by atoms with Gasteiger partial charge in [-0.2, -0.15) is 0 Å². The fraction of sp³-hybridized carbons (Fsp3) is 0.417. The Morgan fingerprint density at radius 2 is 2.28 bits per heavy atom. The average molecular weight is 265 g/mol. The number of nitrogens with zero attached hydrogens (tertiary/aromatic N) is 2. The Bertz CT molecular complexity index is 448. The predicted molar refractivity (Wildman–Crippen MR) is 71.4 cm³/mol. The second-order valence-electron chi connectivity index (χ2n) is 3.89. The van der Waals surface area contributed by atoms with Gasteiger partial charge in [-0.3, -0.25) is 14.5 Å². The van der Waals surface area contributed by atoms with Crippen LogP contribution in [-0.2, 0) is 11.3 Å². The summed E-state index contributed by atoms with van der Waals surface area (Å²) in [5.41, 5.74) is 0.720. The first-order valence-electron chi connectivity index (χ1n) is 5.87. The first kappa shape index (κ1) is 12.9. The van der Waals surface area contributed by atoms with Crippen molar-refractivity contribution in [1.29, 1.82) is 0 Å². The molecule has 6 heteroatoms. The van der Waals surface area contributed by atoms with Gasteiger partial charge < -0.3 is 5.32 Å². The van der Waals surface area contributed by atoms with Crippen LogP contribution in [0.25, 0.3) is 0 Å². The fourth-order valence-corrected chi connectivity index (χ4v) is 2.48. The van der Waals surface area contributed by atoms with Crippen LogP contribution in [0, 0.1) is 0 Å². The zero-order valence-corrected chi connectivity index (χ0v) is 11.0. The molecule has 1 aliphatic rings. The molecule has 0 aromatic carbocycles. The topological polar surface area (TPSA) is 62.3 Å². The van der Waals surface area contributed by atoms with Crippen LogP contribution in [0.5, 0.6) is 0 Å². The van der Waals surface area contributed by atoms with Gasteiger partial charge in [0, 0.05) is 18.7 Å². The summed E-state index contributed by atoms with van der Waals surface area (Å²) < 4.78 is 0. The van der Waals surface area contributed by atoms with Crippen LogP contribution in [0.1, 0.15) is 19.0 Å². The molecule has 0 saturated carbocycles. The maximum atomic E-state index is 11.7. The van der Waals surface area contributed by atoms with E-state index in [1.54, 1.807) is 0 Å². The lowest BCUT2D eigenvalue weighted by molar-refractivity contribution is -0.128. The van der Waals surface area contributed by atoms with E-state index in [4.69, 9.17) is 0 Å². The number of imide groups is 1. The number of aromatic nitrogens is 1. The number of hydrogen-bond donors (Lipinski definition) is 1. The number of pyridine rings is 1. The number of rotatable bonds is 4. The molecule has 18 heavy (non-hydrogen) atoms. The van der Waals surface area contributed by atoms with Crippen molar-refractivity contribution < 1.29 is 9.59 Å². The SMILES string of the molecule is CCNc1cccc(CN2C(=O)CCSC2=O)n1. The molecule has 1 aromatic rings. The Kier molecular flexibility index (Phi) is 4.19. The highest BCUT2D eigenvalue weighted by Crippen LogP contribution is 2.20. The molecule has 0 atom stereocenters. The highest BCUT2D eigenvalue weighted by molar-refractivity contribution is 8.13. The van der Waals surface area contributed by atoms with E-state index in [0.29, 0.717) is 12.2 Å². The first-order chi connectivity index (χ1) is 8.70. The summed E-state index contributed by atoms with van der Waals surface area (Å²) in [5.74, 6) is 1.23. The molecule has 1 aliphatic heterocycles. The summed E-state index contributed by atoms with van der Waals surface area (Å²) in [6.45, 7) is 3.03. The largest absolute Gasteiger partial charge is 0.370 e. The third kappa shape index (κ3) is 3.01. The normalized spacial score (nSPS) is 15.9. The summed E-state index contributed by atoms with van der Waals surface area (Å²) in [5, 5.41) is 2.92. The van der Waals surface area contributed by atoms with Gasteiger partial charge in [0.05, 0.1) is 12.2 Å². The van der Waals surface area contributed by atoms with Gasteiger partial charge in [0.25, 0.3) is 5.24 Å². The van der Waals surface area contributed by atoms with Crippen LogP contribution in [0.2, 0.25) is 0 Å². The Hall–Kier alpha value is -1.56. The lowest BCUT2D eigenvalue weighted by Crippen LogP contribution is -2.37. The molecule has 0 spiro atoms. The lowest BCUT2D eigenvalue weighted by Gasteiger charge is -2.23. The Morgan fingerprint density at radius 1 is 1.44 bits per heavy atom. The van der Waals surface area contributed by atoms with Crippen molar-refractivity contribution in [3.8, 4) is 0 Å². The number of amides is 2. The molecule has 0 unspecified atom stereocenters. The summed E-state index contributed by atoms with van der Waals surface area (Å²) in [6.07, 6.45) is 0.420. The van der Waals surface area contributed by atoms with E-state index in [2.05, 4.69) is 10.3 Å². The zero-order chi connectivity index (χ0) is 13.0. The van der Waals surface area contributed by atoms with Crippen molar-refractivity contribution in [1.82, 2.24) is 9.88 Å². The summed E-state index contributed by atoms with van der Waals surface area (Å²) >= 11 is 1.19. The number of carbonyl (C=O) groups is 2. The molecule has 2 heterocycles. The molecule has 0 bridgehead atoms. The van der Waals surface area contributed by atoms with E-state index in [9.17, 15) is 9.59 Å². The van der Waals surface area contributed by atoms with E-state index in [-0.39, 0.29) is 17.7 Å². The molecule has 1 N–H and O–H groups in total. The number of hydrogen-bond acceptors (Lipinski definition) is 5. The van der Waals surface area contributed by atoms with Crippen molar-refractivity contribution in [3.05, 3.63) is 23.9 Å². The van der Waals surface area contributed by atoms with Crippen LogP contribution in [0.15, 0.2) is 18.2 Å². The smallest absolute Gasteiger partial charge is 0.288 e. The van der Waals surface area contributed by atoms with Gasteiger partial charge in [-0.15, -0.1) is 0 Å². The van der Waals surface area contributed by atoms with Gasteiger partial charge in [0.2, 0.25) is 5.91 Å². The Balaban J connectivity index is 2.10. The van der Waals surface area contributed by atoms with Gasteiger partial charge in [-0.05, 0) is 19.1 Å². The van der Waals surface area contributed by atoms with E-state index in [1.165, 1.54) is 16.7 Å². The van der Waals surface area contributed by atoms with Crippen molar-refractivity contribution in [2.75, 3.05) is 17.6 Å². The van der Waals surface area contributed by atoms with Crippen LogP contribution in [-0.4, -0.2) is 33.3 Å². The van der Waals surface area contributed by atoms with Crippen molar-refractivity contribution in [3.63, 3.8) is 0 Å². The number of anilines is 1. The van der Waals surface area contributed by atoms with Crippen molar-refractivity contribution in [2.45, 2.75) is 19.9 Å². The second-order valence-corrected chi connectivity index (χ2v) is 4.93. The Labute approximate surface area is 110 Å². The van der Waals surface area contributed by atoms with Crippen LogP contribution >= 0.6 is 11.8 Å². The van der Waals surface area contributed by atoms with Crippen LogP contribution in [0.4, 0.5) is 10.6 Å². The van der Waals surface area contributed by atoms with E-state index in [0.717, 1.165) is 18.1 Å². The molecule has 5 nitrogen and oxygen atoms in total. The summed E-state index contributed by atoms with van der Waals surface area (Å²) in [4.78, 5) is 28.9. The molecule has 1 saturated heterocycles. The molecule has 0 aliphatic carbocycles. The van der Waals surface area contributed by atoms with Gasteiger partial charge >= 0.3 is 0 Å². The fourth-order valence-electron chi connectivity index (χ4n) is 1.70. The third-order valence-corrected chi connectivity index (χ3v) is 3.42. The van der Waals surface area contributed by atoms with Gasteiger partial charge in [-0.25, -0.2) is 4.98 Å². The van der Waals surface area contributed by atoms with Crippen LogP contribution in [0.3, 0.4) is 0 Å². The zero-order valence-electron chi connectivity index (χ0n) is 10.2. The average Bonchev–Trinajstić information content (AvgIpc) is 2.35. The van der Waals surface area contributed by atoms with Crippen molar-refractivity contribution in [2.24, 2.45) is 0 Å². The molecule has 1 aromatic heterocycles. The molecule has 2 amide bonds. The van der Waals surface area contributed by atoms with Crippen molar-refractivity contribution >= 4 is 28.7 Å². The monoisotopic (exact) mass is 265 g/mol. The third-order valence-electron chi connectivity index (χ3n) is 2.55. The first-order valence-corrected chi connectivity index (χ1v) is 6.86. The van der Waals surface area contributed by atoms with Gasteiger partial charge in [-0.1, -0.05) is 17.8 Å². The summed E-state index contributed by atoms with van der Waals surface area (Å²) in [7, 11) is 0. The molecular weight excluding hydrogens is 250 g/mol. The maximum Gasteiger partial charge on any atom is 0.288 e. The predicted octanol–water partition coefficient (Wildman–Crippen LogP) is 2.10. The van der Waals surface area contributed by atoms with Gasteiger partial charge in [0.1, 0.15) is 5.82 Å². The number of nitrogens with one attached hydrogen (secondary N) is 1. The molecule has 1 fully saturated rings. The van der Waals surface area contributed by atoms with Gasteiger partial charge in [0.15, 0.2) is 0 Å².